The van der Waals surface area contributed by atoms with Gasteiger partial charge in [0.2, 0.25) is 0 Å². The van der Waals surface area contributed by atoms with Crippen LogP contribution in [0.1, 0.15) is 44.4 Å². The van der Waals surface area contributed by atoms with E-state index in [4.69, 9.17) is 17.0 Å². The average Bonchev–Trinajstić information content (AvgIpc) is 2.93. The van der Waals surface area contributed by atoms with E-state index in [9.17, 15) is 14.9 Å². The van der Waals surface area contributed by atoms with E-state index in [1.807, 2.05) is 33.8 Å². The molecule has 0 saturated carbocycles. The van der Waals surface area contributed by atoms with Crippen molar-refractivity contribution in [3.63, 3.8) is 0 Å². The van der Waals surface area contributed by atoms with E-state index in [1.165, 1.54) is 16.3 Å². The number of ether oxygens (including phenoxy) is 1. The van der Waals surface area contributed by atoms with Gasteiger partial charge in [-0.25, -0.2) is 0 Å². The minimum atomic E-state index is -0.341. The first-order valence-corrected chi connectivity index (χ1v) is 11.6. The smallest absolute Gasteiger partial charge is 0.270 e. The van der Waals surface area contributed by atoms with Gasteiger partial charge in [0.15, 0.2) is 0 Å². The standard InChI is InChI=1S/C22H28N4O3S2/c1-12(2)9-26-21(28)18(31-22(26)30)7-16-15(5)17(8-23)20(27)24(6)19(16)25-10-13(3)29-14(4)11-25/h7,12-14H,9-11H2,1-6H3/b18-7-. The van der Waals surface area contributed by atoms with Crippen LogP contribution in [-0.4, -0.2) is 51.5 Å². The Morgan fingerprint density at radius 2 is 1.90 bits per heavy atom. The number of carbonyl (C=O) groups excluding carboxylic acids is 1. The highest BCUT2D eigenvalue weighted by Crippen LogP contribution is 2.36. The summed E-state index contributed by atoms with van der Waals surface area (Å²) in [5.41, 5.74) is 1.02. The summed E-state index contributed by atoms with van der Waals surface area (Å²) in [7, 11) is 1.67. The minimum Gasteiger partial charge on any atom is -0.372 e. The molecule has 3 heterocycles. The Morgan fingerprint density at radius 3 is 2.45 bits per heavy atom. The topological polar surface area (TPSA) is 78.6 Å². The highest BCUT2D eigenvalue weighted by Gasteiger charge is 2.34. The van der Waals surface area contributed by atoms with Crippen molar-refractivity contribution in [2.75, 3.05) is 24.5 Å². The molecule has 0 N–H and O–H groups in total. The summed E-state index contributed by atoms with van der Waals surface area (Å²) in [5.74, 6) is 0.848. The van der Waals surface area contributed by atoms with Gasteiger partial charge in [0.1, 0.15) is 21.8 Å². The number of anilines is 1. The number of aromatic nitrogens is 1. The summed E-state index contributed by atoms with van der Waals surface area (Å²) >= 11 is 6.70. The van der Waals surface area contributed by atoms with E-state index in [0.29, 0.717) is 51.7 Å². The Hall–Kier alpha value is -2.15. The van der Waals surface area contributed by atoms with E-state index in [1.54, 1.807) is 24.9 Å². The molecule has 2 unspecified atom stereocenters. The minimum absolute atomic E-state index is 0.00750. The molecule has 2 atom stereocenters. The monoisotopic (exact) mass is 460 g/mol. The van der Waals surface area contributed by atoms with Crippen LogP contribution in [0.3, 0.4) is 0 Å². The Bertz CT molecular complexity index is 1040. The van der Waals surface area contributed by atoms with E-state index in [0.717, 1.165) is 0 Å². The SMILES string of the molecule is Cc1c(/C=C2\SC(=S)N(CC(C)C)C2=O)c(N2CC(C)OC(C)C2)n(C)c(=O)c1C#N. The predicted molar refractivity (Wildman–Crippen MR) is 128 cm³/mol. The third-order valence-corrected chi connectivity index (χ3v) is 6.76. The predicted octanol–water partition coefficient (Wildman–Crippen LogP) is 3.04. The molecular formula is C22H28N4O3S2. The second kappa shape index (κ2) is 9.15. The lowest BCUT2D eigenvalue weighted by Crippen LogP contribution is -2.47. The number of morpholine rings is 1. The van der Waals surface area contributed by atoms with Gasteiger partial charge in [-0.3, -0.25) is 19.1 Å². The van der Waals surface area contributed by atoms with Gasteiger partial charge in [-0.15, -0.1) is 0 Å². The number of nitriles is 1. The quantitative estimate of drug-likeness (QED) is 0.505. The molecule has 166 valence electrons. The fourth-order valence-corrected chi connectivity index (χ4v) is 5.36. The number of hydrogen-bond donors (Lipinski definition) is 0. The summed E-state index contributed by atoms with van der Waals surface area (Å²) in [6.45, 7) is 11.6. The molecule has 9 heteroatoms. The zero-order valence-electron chi connectivity index (χ0n) is 18.8. The molecule has 1 aromatic rings. The largest absolute Gasteiger partial charge is 0.372 e. The third kappa shape index (κ3) is 4.56. The lowest BCUT2D eigenvalue weighted by molar-refractivity contribution is -0.122. The van der Waals surface area contributed by atoms with E-state index in [2.05, 4.69) is 4.90 Å². The van der Waals surface area contributed by atoms with E-state index >= 15 is 0 Å². The molecule has 31 heavy (non-hydrogen) atoms. The highest BCUT2D eigenvalue weighted by molar-refractivity contribution is 8.26. The Kier molecular flexibility index (Phi) is 6.94. The van der Waals surface area contributed by atoms with Gasteiger partial charge in [-0.1, -0.05) is 37.8 Å². The molecule has 2 aliphatic rings. The maximum absolute atomic E-state index is 13.0. The summed E-state index contributed by atoms with van der Waals surface area (Å²) in [5, 5.41) is 9.61. The summed E-state index contributed by atoms with van der Waals surface area (Å²) < 4.78 is 7.90. The van der Waals surface area contributed by atoms with Crippen LogP contribution in [0.15, 0.2) is 9.70 Å². The summed E-state index contributed by atoms with van der Waals surface area (Å²) in [6.07, 6.45) is 1.77. The first kappa shape index (κ1) is 23.5. The van der Waals surface area contributed by atoms with Crippen molar-refractivity contribution in [1.82, 2.24) is 9.47 Å². The number of hydrogen-bond acceptors (Lipinski definition) is 7. The summed E-state index contributed by atoms with van der Waals surface area (Å²) in [4.78, 5) is 30.2. The molecule has 0 aromatic carbocycles. The molecular weight excluding hydrogens is 432 g/mol. The van der Waals surface area contributed by atoms with Crippen molar-refractivity contribution in [1.29, 1.82) is 5.26 Å². The van der Waals surface area contributed by atoms with Gasteiger partial charge in [0.25, 0.3) is 11.5 Å². The van der Waals surface area contributed by atoms with Crippen molar-refractivity contribution in [2.24, 2.45) is 13.0 Å². The number of thiocarbonyl (C=S) groups is 1. The molecule has 2 fully saturated rings. The number of carbonyl (C=O) groups is 1. The molecule has 0 aliphatic carbocycles. The van der Waals surface area contributed by atoms with Crippen LogP contribution in [0.25, 0.3) is 6.08 Å². The molecule has 0 spiro atoms. The Labute approximate surface area is 192 Å². The molecule has 3 rings (SSSR count). The van der Waals surface area contributed by atoms with E-state index < -0.39 is 0 Å². The van der Waals surface area contributed by atoms with Crippen LogP contribution >= 0.6 is 24.0 Å². The summed E-state index contributed by atoms with van der Waals surface area (Å²) in [6, 6.07) is 2.04. The number of rotatable bonds is 4. The van der Waals surface area contributed by atoms with Gasteiger partial charge in [0.05, 0.1) is 17.1 Å². The van der Waals surface area contributed by atoms with Crippen molar-refractivity contribution in [2.45, 2.75) is 46.8 Å². The fourth-order valence-electron chi connectivity index (χ4n) is 4.10. The van der Waals surface area contributed by atoms with Crippen LogP contribution in [0, 0.1) is 24.2 Å². The van der Waals surface area contributed by atoms with Crippen LogP contribution in [0.4, 0.5) is 5.82 Å². The number of thioether (sulfide) groups is 1. The fraction of sp³-hybridized carbons (Fsp3) is 0.545. The molecule has 1 amide bonds. The van der Waals surface area contributed by atoms with Crippen molar-refractivity contribution >= 4 is 46.1 Å². The Morgan fingerprint density at radius 1 is 1.29 bits per heavy atom. The molecule has 7 nitrogen and oxygen atoms in total. The van der Waals surface area contributed by atoms with Crippen LogP contribution in [0.2, 0.25) is 0 Å². The first-order chi connectivity index (χ1) is 14.5. The molecule has 0 radical (unpaired) electrons. The van der Waals surface area contributed by atoms with Gasteiger partial charge in [-0.2, -0.15) is 5.26 Å². The first-order valence-electron chi connectivity index (χ1n) is 10.3. The average molecular weight is 461 g/mol. The third-order valence-electron chi connectivity index (χ3n) is 5.38. The van der Waals surface area contributed by atoms with E-state index in [-0.39, 0.29) is 29.2 Å². The van der Waals surface area contributed by atoms with Crippen molar-refractivity contribution in [3.8, 4) is 6.07 Å². The maximum Gasteiger partial charge on any atom is 0.270 e. The van der Waals surface area contributed by atoms with Crippen molar-refractivity contribution in [3.05, 3.63) is 31.9 Å². The lowest BCUT2D eigenvalue weighted by Gasteiger charge is -2.38. The second-order valence-electron chi connectivity index (χ2n) is 8.56. The zero-order valence-corrected chi connectivity index (χ0v) is 20.4. The lowest BCUT2D eigenvalue weighted by atomic mass is 10.0. The Balaban J connectivity index is 2.18. The number of pyridine rings is 1. The van der Waals surface area contributed by atoms with Crippen LogP contribution < -0.4 is 10.5 Å². The molecule has 2 aliphatic heterocycles. The number of nitrogens with zero attached hydrogens (tertiary/aromatic N) is 4. The highest BCUT2D eigenvalue weighted by atomic mass is 32.2. The van der Waals surface area contributed by atoms with Gasteiger partial charge < -0.3 is 9.64 Å². The van der Waals surface area contributed by atoms with Gasteiger partial charge >= 0.3 is 0 Å². The van der Waals surface area contributed by atoms with Crippen LogP contribution in [-0.2, 0) is 16.6 Å². The second-order valence-corrected chi connectivity index (χ2v) is 10.2. The van der Waals surface area contributed by atoms with Crippen LogP contribution in [0.5, 0.6) is 0 Å². The molecule has 0 bridgehead atoms. The van der Waals surface area contributed by atoms with Crippen molar-refractivity contribution < 1.29 is 9.53 Å². The zero-order chi connectivity index (χ0) is 23.0. The molecule has 2 saturated heterocycles. The maximum atomic E-state index is 13.0. The normalized spacial score (nSPS) is 23.2. The molecule has 1 aromatic heterocycles. The van der Waals surface area contributed by atoms with Gasteiger partial charge in [-0.05, 0) is 38.3 Å². The number of amides is 1. The van der Waals surface area contributed by atoms with Gasteiger partial charge in [0, 0.05) is 32.2 Å².